The fourth-order valence-corrected chi connectivity index (χ4v) is 1.27. The van der Waals surface area contributed by atoms with Crippen LogP contribution in [0.2, 0.25) is 0 Å². The molecule has 5 heteroatoms. The van der Waals surface area contributed by atoms with Crippen LogP contribution in [0.25, 0.3) is 0 Å². The van der Waals surface area contributed by atoms with E-state index in [2.05, 4.69) is 4.99 Å². The Balaban J connectivity index is 3.06. The Kier molecular flexibility index (Phi) is 2.24. The summed E-state index contributed by atoms with van der Waals surface area (Å²) in [5.41, 5.74) is 0. The van der Waals surface area contributed by atoms with E-state index in [0.29, 0.717) is 5.17 Å². The average molecular weight is 178 g/mol. The normalized spacial score (nSPS) is 16.9. The van der Waals surface area contributed by atoms with Gasteiger partial charge in [0.25, 0.3) is 0 Å². The second kappa shape index (κ2) is 2.98. The minimum Gasteiger partial charge on any atom is -0.249 e. The van der Waals surface area contributed by atoms with E-state index in [1.165, 1.54) is 12.3 Å². The van der Waals surface area contributed by atoms with E-state index in [0.717, 1.165) is 0 Å². The van der Waals surface area contributed by atoms with Crippen molar-refractivity contribution in [2.24, 2.45) is 4.99 Å². The molecule has 0 radical (unpaired) electrons. The number of aliphatic imine (C=N–C) groups is 1. The number of hydrogen-bond acceptors (Lipinski definition) is 3. The first-order chi connectivity index (χ1) is 4.70. The van der Waals surface area contributed by atoms with Crippen LogP contribution in [0.3, 0.4) is 0 Å². The summed E-state index contributed by atoms with van der Waals surface area (Å²) >= 11 is 5.46. The number of rotatable bonds is 0. The molecule has 0 unspecified atom stereocenters. The zero-order valence-electron chi connectivity index (χ0n) is 4.91. The highest BCUT2D eigenvalue weighted by molar-refractivity contribution is 7.73. The molecule has 0 fully saturated rings. The number of halogens is 1. The molecule has 0 spiro atoms. The molecule has 1 rings (SSSR count). The van der Waals surface area contributed by atoms with Crippen LogP contribution in [0, 0.1) is 0 Å². The van der Waals surface area contributed by atoms with Crippen molar-refractivity contribution in [2.45, 2.75) is 6.42 Å². The van der Waals surface area contributed by atoms with Gasteiger partial charge >= 0.3 is 0 Å². The first kappa shape index (κ1) is 7.50. The van der Waals surface area contributed by atoms with Crippen molar-refractivity contribution in [2.75, 3.05) is 0 Å². The Bertz CT molecular complexity index is 318. The molecule has 0 aliphatic carbocycles. The van der Waals surface area contributed by atoms with Crippen molar-refractivity contribution < 1.29 is 8.42 Å². The molecular formula is C5H4ClNO2S. The van der Waals surface area contributed by atoms with Gasteiger partial charge in [0.05, 0.1) is 4.86 Å². The Hall–Kier alpha value is -0.610. The van der Waals surface area contributed by atoms with Gasteiger partial charge in [-0.05, 0) is 6.08 Å². The number of allylic oxidation sites excluding steroid dienone is 1. The monoisotopic (exact) mass is 177 g/mol. The molecule has 3 nitrogen and oxygen atoms in total. The van der Waals surface area contributed by atoms with E-state index in [1.54, 1.807) is 0 Å². The van der Waals surface area contributed by atoms with Gasteiger partial charge in [-0.15, -0.1) is 0 Å². The lowest BCUT2D eigenvalue weighted by Gasteiger charge is -1.97. The lowest BCUT2D eigenvalue weighted by atomic mass is 10.3. The van der Waals surface area contributed by atoms with Gasteiger partial charge in [-0.25, -0.2) is 4.99 Å². The third-order valence-corrected chi connectivity index (χ3v) is 1.95. The average Bonchev–Trinajstić information content (AvgIpc) is 1.88. The molecule has 0 saturated carbocycles. The van der Waals surface area contributed by atoms with E-state index in [9.17, 15) is 8.42 Å². The van der Waals surface area contributed by atoms with Crippen LogP contribution < -0.4 is 0 Å². The second-order valence-electron chi connectivity index (χ2n) is 1.70. The molecule has 54 valence electrons. The SMILES string of the molecule is O=S(=O)=C1C=CN=C(Cl)C1. The van der Waals surface area contributed by atoms with Gasteiger partial charge in [-0.1, -0.05) is 11.6 Å². The van der Waals surface area contributed by atoms with Gasteiger partial charge in [0.2, 0.25) is 10.3 Å². The maximum absolute atomic E-state index is 10.3. The largest absolute Gasteiger partial charge is 0.249 e. The summed E-state index contributed by atoms with van der Waals surface area (Å²) in [5.74, 6) is 0. The molecule has 0 bridgehead atoms. The molecule has 1 heterocycles. The summed E-state index contributed by atoms with van der Waals surface area (Å²) in [7, 11) is -2.16. The van der Waals surface area contributed by atoms with Gasteiger partial charge < -0.3 is 0 Å². The van der Waals surface area contributed by atoms with E-state index in [-0.39, 0.29) is 11.3 Å². The molecule has 10 heavy (non-hydrogen) atoms. The molecule has 0 aromatic heterocycles. The first-order valence-electron chi connectivity index (χ1n) is 2.54. The van der Waals surface area contributed by atoms with Crippen molar-refractivity contribution in [3.05, 3.63) is 12.3 Å². The van der Waals surface area contributed by atoms with E-state index >= 15 is 0 Å². The van der Waals surface area contributed by atoms with Crippen LogP contribution >= 0.6 is 11.6 Å². The van der Waals surface area contributed by atoms with Crippen LogP contribution in [-0.2, 0) is 10.3 Å². The summed E-state index contributed by atoms with van der Waals surface area (Å²) in [6.07, 6.45) is 3.01. The maximum Gasteiger partial charge on any atom is 0.217 e. The third kappa shape index (κ3) is 1.68. The van der Waals surface area contributed by atoms with E-state index < -0.39 is 10.3 Å². The van der Waals surface area contributed by atoms with Gasteiger partial charge in [0.1, 0.15) is 5.17 Å². The second-order valence-corrected chi connectivity index (χ2v) is 3.13. The van der Waals surface area contributed by atoms with E-state index in [4.69, 9.17) is 11.6 Å². The number of hydrogen-bond donors (Lipinski definition) is 0. The van der Waals surface area contributed by atoms with Crippen molar-refractivity contribution >= 4 is 31.9 Å². The quantitative estimate of drug-likeness (QED) is 0.509. The fraction of sp³-hybridized carbons (Fsp3) is 0.200. The van der Waals surface area contributed by atoms with Crippen LogP contribution in [-0.4, -0.2) is 18.5 Å². The Morgan fingerprint density at radius 3 is 2.70 bits per heavy atom. The van der Waals surface area contributed by atoms with Crippen molar-refractivity contribution in [3.8, 4) is 0 Å². The highest BCUT2D eigenvalue weighted by atomic mass is 35.5. The summed E-state index contributed by atoms with van der Waals surface area (Å²) in [4.78, 5) is 3.95. The highest BCUT2D eigenvalue weighted by Gasteiger charge is 2.04. The maximum atomic E-state index is 10.3. The molecule has 0 N–H and O–H groups in total. The Labute approximate surface area is 64.6 Å². The van der Waals surface area contributed by atoms with Crippen LogP contribution in [0.4, 0.5) is 0 Å². The standard InChI is InChI=1S/C5H4ClNO2S/c6-5-3-4(10(8)9)1-2-7-5/h1-2H,3H2. The summed E-state index contributed by atoms with van der Waals surface area (Å²) in [6, 6.07) is 0. The van der Waals surface area contributed by atoms with Crippen LogP contribution in [0.1, 0.15) is 6.42 Å². The molecule has 1 aliphatic rings. The zero-order chi connectivity index (χ0) is 7.56. The predicted molar refractivity (Wildman–Crippen MR) is 41.0 cm³/mol. The Morgan fingerprint density at radius 1 is 1.60 bits per heavy atom. The highest BCUT2D eigenvalue weighted by Crippen LogP contribution is 2.02. The summed E-state index contributed by atoms with van der Waals surface area (Å²) < 4.78 is 20.6. The summed E-state index contributed by atoms with van der Waals surface area (Å²) in [6.45, 7) is 0. The first-order valence-corrected chi connectivity index (χ1v) is 3.99. The van der Waals surface area contributed by atoms with E-state index in [1.807, 2.05) is 0 Å². The molecule has 1 aliphatic heterocycles. The molecule has 0 atom stereocenters. The minimum atomic E-state index is -2.16. The number of nitrogens with zero attached hydrogens (tertiary/aromatic N) is 1. The predicted octanol–water partition coefficient (Wildman–Crippen LogP) is 0.593. The van der Waals surface area contributed by atoms with Crippen molar-refractivity contribution in [3.63, 3.8) is 0 Å². The fourth-order valence-electron chi connectivity index (χ4n) is 0.564. The molecule has 0 saturated heterocycles. The minimum absolute atomic E-state index is 0.216. The van der Waals surface area contributed by atoms with Gasteiger partial charge in [-0.3, -0.25) is 0 Å². The smallest absolute Gasteiger partial charge is 0.217 e. The Morgan fingerprint density at radius 2 is 2.30 bits per heavy atom. The molecule has 0 aromatic rings. The topological polar surface area (TPSA) is 46.5 Å². The van der Waals surface area contributed by atoms with Gasteiger partial charge in [-0.2, -0.15) is 8.42 Å². The summed E-state index contributed by atoms with van der Waals surface area (Å²) in [5, 5.41) is 0.307. The van der Waals surface area contributed by atoms with Crippen LogP contribution in [0.15, 0.2) is 17.3 Å². The van der Waals surface area contributed by atoms with Crippen molar-refractivity contribution in [1.82, 2.24) is 0 Å². The lowest BCUT2D eigenvalue weighted by molar-refractivity contribution is 0.627. The molecule has 0 aromatic carbocycles. The molecule has 0 amide bonds. The zero-order valence-corrected chi connectivity index (χ0v) is 6.48. The van der Waals surface area contributed by atoms with Crippen LogP contribution in [0.5, 0.6) is 0 Å². The molecular weight excluding hydrogens is 174 g/mol. The van der Waals surface area contributed by atoms with Crippen molar-refractivity contribution in [1.29, 1.82) is 0 Å². The third-order valence-electron chi connectivity index (χ3n) is 1.01. The van der Waals surface area contributed by atoms with Gasteiger partial charge in [0, 0.05) is 12.6 Å². The lowest BCUT2D eigenvalue weighted by Crippen LogP contribution is -2.04. The van der Waals surface area contributed by atoms with Gasteiger partial charge in [0.15, 0.2) is 0 Å².